The van der Waals surface area contributed by atoms with Crippen molar-refractivity contribution in [2.75, 3.05) is 19.7 Å². The van der Waals surface area contributed by atoms with Gasteiger partial charge in [0.05, 0.1) is 23.7 Å². The summed E-state index contributed by atoms with van der Waals surface area (Å²) in [6.45, 7) is 4.81. The largest absolute Gasteiger partial charge is 0.476 e. The highest BCUT2D eigenvalue weighted by Crippen LogP contribution is 2.28. The first-order valence-electron chi connectivity index (χ1n) is 9.88. The van der Waals surface area contributed by atoms with Crippen molar-refractivity contribution in [1.82, 2.24) is 24.3 Å². The summed E-state index contributed by atoms with van der Waals surface area (Å²) in [6.07, 6.45) is 0.743. The molecule has 9 heteroatoms. The summed E-state index contributed by atoms with van der Waals surface area (Å²) in [5, 5.41) is 12.6. The number of aromatic nitrogens is 4. The molecule has 1 aliphatic heterocycles. The third kappa shape index (κ3) is 3.95. The number of hydrogen-bond donors (Lipinski definition) is 0. The highest BCUT2D eigenvalue weighted by Gasteiger charge is 2.36. The third-order valence-corrected chi connectivity index (χ3v) is 7.58. The van der Waals surface area contributed by atoms with Crippen molar-refractivity contribution in [3.63, 3.8) is 0 Å². The maximum absolute atomic E-state index is 13.1. The van der Waals surface area contributed by atoms with Crippen LogP contribution in [0.4, 0.5) is 0 Å². The van der Waals surface area contributed by atoms with Gasteiger partial charge in [0.25, 0.3) is 0 Å². The maximum atomic E-state index is 13.1. The number of hydrogen-bond acceptors (Lipinski definition) is 6. The van der Waals surface area contributed by atoms with Gasteiger partial charge in [-0.1, -0.05) is 30.3 Å². The minimum Gasteiger partial charge on any atom is -0.476 e. The van der Waals surface area contributed by atoms with E-state index in [1.54, 1.807) is 31.6 Å². The number of ether oxygens (including phenoxy) is 1. The molecule has 0 aliphatic carbocycles. The van der Waals surface area contributed by atoms with Gasteiger partial charge in [0.1, 0.15) is 4.90 Å². The first-order chi connectivity index (χ1) is 14.4. The van der Waals surface area contributed by atoms with Gasteiger partial charge in [-0.2, -0.15) is 9.40 Å². The van der Waals surface area contributed by atoms with Gasteiger partial charge < -0.3 is 4.74 Å². The zero-order valence-corrected chi connectivity index (χ0v) is 18.1. The predicted molar refractivity (Wildman–Crippen MR) is 113 cm³/mol. The Kier molecular flexibility index (Phi) is 5.57. The van der Waals surface area contributed by atoms with Crippen LogP contribution in [0.3, 0.4) is 0 Å². The van der Waals surface area contributed by atoms with E-state index in [1.165, 1.54) is 4.31 Å². The SMILES string of the molecule is Cc1nn(C)c(C)c1S(=O)(=O)N1CCC(COc2ccc(-c3ccccc3)nn2)C1. The van der Waals surface area contributed by atoms with Gasteiger partial charge >= 0.3 is 0 Å². The molecule has 0 N–H and O–H groups in total. The zero-order chi connectivity index (χ0) is 21.3. The van der Waals surface area contributed by atoms with Crippen LogP contribution in [-0.4, -0.2) is 52.4 Å². The Morgan fingerprint density at radius 3 is 2.50 bits per heavy atom. The van der Waals surface area contributed by atoms with E-state index >= 15 is 0 Å². The normalized spacial score (nSPS) is 17.4. The molecule has 0 radical (unpaired) electrons. The van der Waals surface area contributed by atoms with E-state index in [0.29, 0.717) is 41.9 Å². The fourth-order valence-electron chi connectivity index (χ4n) is 3.77. The Bertz CT molecular complexity index is 1130. The van der Waals surface area contributed by atoms with Gasteiger partial charge in [-0.25, -0.2) is 8.42 Å². The molecule has 2 aromatic heterocycles. The summed E-state index contributed by atoms with van der Waals surface area (Å²) in [4.78, 5) is 0.314. The van der Waals surface area contributed by atoms with E-state index in [1.807, 2.05) is 36.4 Å². The van der Waals surface area contributed by atoms with E-state index in [0.717, 1.165) is 17.7 Å². The van der Waals surface area contributed by atoms with Crippen LogP contribution < -0.4 is 4.74 Å². The molecule has 3 aromatic rings. The van der Waals surface area contributed by atoms with Crippen molar-refractivity contribution in [3.8, 4) is 17.1 Å². The molecule has 1 fully saturated rings. The summed E-state index contributed by atoms with van der Waals surface area (Å²) < 4.78 is 35.1. The van der Waals surface area contributed by atoms with Crippen molar-refractivity contribution >= 4 is 10.0 Å². The van der Waals surface area contributed by atoms with Crippen molar-refractivity contribution in [3.05, 3.63) is 53.9 Å². The minimum absolute atomic E-state index is 0.104. The fourth-order valence-corrected chi connectivity index (χ4v) is 5.70. The molecule has 0 amide bonds. The van der Waals surface area contributed by atoms with Crippen LogP contribution in [0, 0.1) is 19.8 Å². The van der Waals surface area contributed by atoms with Crippen LogP contribution >= 0.6 is 0 Å². The van der Waals surface area contributed by atoms with Gasteiger partial charge in [-0.15, -0.1) is 10.2 Å². The van der Waals surface area contributed by atoms with Gasteiger partial charge in [0.2, 0.25) is 15.9 Å². The van der Waals surface area contributed by atoms with Crippen LogP contribution in [0.15, 0.2) is 47.4 Å². The predicted octanol–water partition coefficient (Wildman–Crippen LogP) is 2.58. The monoisotopic (exact) mass is 427 g/mol. The fraction of sp³-hybridized carbons (Fsp3) is 0.381. The highest BCUT2D eigenvalue weighted by molar-refractivity contribution is 7.89. The lowest BCUT2D eigenvalue weighted by molar-refractivity contribution is 0.244. The van der Waals surface area contributed by atoms with Crippen LogP contribution in [0.1, 0.15) is 17.8 Å². The average Bonchev–Trinajstić information content (AvgIpc) is 3.32. The highest BCUT2D eigenvalue weighted by atomic mass is 32.2. The topological polar surface area (TPSA) is 90.2 Å². The van der Waals surface area contributed by atoms with Crippen molar-refractivity contribution < 1.29 is 13.2 Å². The molecule has 0 saturated carbocycles. The van der Waals surface area contributed by atoms with Crippen LogP contribution in [-0.2, 0) is 17.1 Å². The summed E-state index contributed by atoms with van der Waals surface area (Å²) in [5.74, 6) is 0.544. The summed E-state index contributed by atoms with van der Waals surface area (Å²) >= 11 is 0. The summed E-state index contributed by atoms with van der Waals surface area (Å²) in [7, 11) is -1.81. The molecule has 3 heterocycles. The smallest absolute Gasteiger partial charge is 0.246 e. The van der Waals surface area contributed by atoms with Crippen LogP contribution in [0.2, 0.25) is 0 Å². The summed E-state index contributed by atoms with van der Waals surface area (Å²) in [6, 6.07) is 13.5. The first-order valence-corrected chi connectivity index (χ1v) is 11.3. The molecule has 1 saturated heterocycles. The first kappa shape index (κ1) is 20.5. The Morgan fingerprint density at radius 2 is 1.87 bits per heavy atom. The average molecular weight is 428 g/mol. The molecule has 30 heavy (non-hydrogen) atoms. The van der Waals surface area contributed by atoms with Gasteiger partial charge in [0, 0.05) is 37.7 Å². The number of aryl methyl sites for hydroxylation is 2. The lowest BCUT2D eigenvalue weighted by Gasteiger charge is -2.17. The van der Waals surface area contributed by atoms with Crippen molar-refractivity contribution in [2.45, 2.75) is 25.2 Å². The quantitative estimate of drug-likeness (QED) is 0.601. The Morgan fingerprint density at radius 1 is 1.10 bits per heavy atom. The number of rotatable bonds is 6. The second kappa shape index (κ2) is 8.16. The molecule has 0 bridgehead atoms. The second-order valence-electron chi connectivity index (χ2n) is 7.58. The molecule has 1 aromatic carbocycles. The molecule has 1 aliphatic rings. The number of sulfonamides is 1. The van der Waals surface area contributed by atoms with E-state index < -0.39 is 10.0 Å². The maximum Gasteiger partial charge on any atom is 0.246 e. The lowest BCUT2D eigenvalue weighted by atomic mass is 10.1. The number of nitrogens with zero attached hydrogens (tertiary/aromatic N) is 5. The lowest BCUT2D eigenvalue weighted by Crippen LogP contribution is -2.30. The van der Waals surface area contributed by atoms with E-state index in [2.05, 4.69) is 15.3 Å². The minimum atomic E-state index is -3.56. The van der Waals surface area contributed by atoms with Crippen LogP contribution in [0.25, 0.3) is 11.3 Å². The summed E-state index contributed by atoms with van der Waals surface area (Å²) in [5.41, 5.74) is 2.96. The Hall–Kier alpha value is -2.78. The van der Waals surface area contributed by atoms with E-state index in [-0.39, 0.29) is 5.92 Å². The number of benzene rings is 1. The van der Waals surface area contributed by atoms with Crippen molar-refractivity contribution in [2.24, 2.45) is 13.0 Å². The molecular formula is C21H25N5O3S. The van der Waals surface area contributed by atoms with E-state index in [4.69, 9.17) is 4.74 Å². The molecule has 0 spiro atoms. The Balaban J connectivity index is 1.37. The van der Waals surface area contributed by atoms with E-state index in [9.17, 15) is 8.42 Å². The molecule has 8 nitrogen and oxygen atoms in total. The molecule has 1 atom stereocenters. The van der Waals surface area contributed by atoms with Gasteiger partial charge in [0.15, 0.2) is 0 Å². The third-order valence-electron chi connectivity index (χ3n) is 5.47. The van der Waals surface area contributed by atoms with Crippen molar-refractivity contribution in [1.29, 1.82) is 0 Å². The van der Waals surface area contributed by atoms with Gasteiger partial charge in [-0.3, -0.25) is 4.68 Å². The molecule has 4 rings (SSSR count). The zero-order valence-electron chi connectivity index (χ0n) is 17.3. The molecule has 1 unspecified atom stereocenters. The van der Waals surface area contributed by atoms with Gasteiger partial charge in [-0.05, 0) is 26.3 Å². The second-order valence-corrected chi connectivity index (χ2v) is 9.45. The Labute approximate surface area is 176 Å². The molecular weight excluding hydrogens is 402 g/mol. The van der Waals surface area contributed by atoms with Crippen LogP contribution in [0.5, 0.6) is 5.88 Å². The standard InChI is InChI=1S/C21H25N5O3S/c1-15-21(16(2)25(3)24-15)30(27,28)26-12-11-17(13-26)14-29-20-10-9-19(22-23-20)18-7-5-4-6-8-18/h4-10,17H,11-14H2,1-3H3. The molecule has 158 valence electrons.